The summed E-state index contributed by atoms with van der Waals surface area (Å²) in [5.74, 6) is -0.337. The lowest BCUT2D eigenvalue weighted by Gasteiger charge is -2.27. The van der Waals surface area contributed by atoms with Crippen LogP contribution in [0.5, 0.6) is 0 Å². The number of carbonyl (C=O) groups excluding carboxylic acids is 1. The summed E-state index contributed by atoms with van der Waals surface area (Å²) < 4.78 is 4.66. The number of nitrogens with one attached hydrogen (secondary N) is 1. The van der Waals surface area contributed by atoms with Gasteiger partial charge in [0.15, 0.2) is 0 Å². The van der Waals surface area contributed by atoms with E-state index in [1.807, 2.05) is 12.1 Å². The van der Waals surface area contributed by atoms with Crippen LogP contribution in [0.4, 0.5) is 0 Å². The van der Waals surface area contributed by atoms with Gasteiger partial charge in [0.2, 0.25) is 0 Å². The highest BCUT2D eigenvalue weighted by Crippen LogP contribution is 2.26. The van der Waals surface area contributed by atoms with E-state index in [-0.39, 0.29) is 29.8 Å². The molecule has 1 aliphatic rings. The Balaban J connectivity index is 0.00000162. The third kappa shape index (κ3) is 3.22. The Labute approximate surface area is 117 Å². The average molecular weight is 289 g/mol. The smallest absolute Gasteiger partial charge is 0.334 e. The number of hydrogen-bond donors (Lipinski definition) is 1. The summed E-state index contributed by atoms with van der Waals surface area (Å²) in [6.45, 7) is 0.461. The van der Waals surface area contributed by atoms with Gasteiger partial charge in [-0.2, -0.15) is 0 Å². The third-order valence-corrected chi connectivity index (χ3v) is 3.08. The highest BCUT2D eigenvalue weighted by Gasteiger charge is 2.26. The molecule has 2 unspecified atom stereocenters. The molecule has 0 aliphatic carbocycles. The largest absolute Gasteiger partial charge is 0.466 e. The first-order valence-corrected chi connectivity index (χ1v) is 5.72. The summed E-state index contributed by atoms with van der Waals surface area (Å²) >= 11 is 6.25. The maximum atomic E-state index is 11.4. The van der Waals surface area contributed by atoms with E-state index >= 15 is 0 Å². The first kappa shape index (κ1) is 15.0. The van der Waals surface area contributed by atoms with Crippen LogP contribution in [0.15, 0.2) is 36.2 Å². The van der Waals surface area contributed by atoms with Gasteiger partial charge in [-0.25, -0.2) is 4.79 Å². The molecule has 0 fully saturated rings. The van der Waals surface area contributed by atoms with Crippen LogP contribution in [0.2, 0.25) is 0 Å². The first-order valence-electron chi connectivity index (χ1n) is 5.28. The SMILES string of the molecule is COC(=O)C1=CC(Cl)C(c2ccncc2)NC1.Cl. The topological polar surface area (TPSA) is 51.2 Å². The summed E-state index contributed by atoms with van der Waals surface area (Å²) in [5.41, 5.74) is 1.62. The zero-order valence-electron chi connectivity index (χ0n) is 9.80. The van der Waals surface area contributed by atoms with Crippen LogP contribution in [-0.4, -0.2) is 30.0 Å². The van der Waals surface area contributed by atoms with Gasteiger partial charge in [-0.15, -0.1) is 24.0 Å². The van der Waals surface area contributed by atoms with Crippen molar-refractivity contribution in [2.24, 2.45) is 0 Å². The van der Waals surface area contributed by atoms with Crippen LogP contribution < -0.4 is 5.32 Å². The van der Waals surface area contributed by atoms with Gasteiger partial charge in [0.05, 0.1) is 18.5 Å². The molecule has 0 spiro atoms. The molecule has 1 N–H and O–H groups in total. The molecule has 2 rings (SSSR count). The number of esters is 1. The third-order valence-electron chi connectivity index (χ3n) is 2.70. The molecule has 4 nitrogen and oxygen atoms in total. The molecule has 2 atom stereocenters. The van der Waals surface area contributed by atoms with Crippen molar-refractivity contribution in [3.8, 4) is 0 Å². The van der Waals surface area contributed by atoms with Gasteiger partial charge < -0.3 is 10.1 Å². The number of pyridine rings is 1. The minimum absolute atomic E-state index is 0. The van der Waals surface area contributed by atoms with E-state index in [0.29, 0.717) is 12.1 Å². The van der Waals surface area contributed by atoms with Crippen LogP contribution in [-0.2, 0) is 9.53 Å². The average Bonchev–Trinajstić information content (AvgIpc) is 2.38. The Morgan fingerprint density at radius 2 is 2.17 bits per heavy atom. The molecule has 0 saturated carbocycles. The van der Waals surface area contributed by atoms with Crippen molar-refractivity contribution in [3.63, 3.8) is 0 Å². The van der Waals surface area contributed by atoms with E-state index in [2.05, 4.69) is 15.0 Å². The van der Waals surface area contributed by atoms with Crippen molar-refractivity contribution in [2.45, 2.75) is 11.4 Å². The number of hydrogen-bond acceptors (Lipinski definition) is 4. The van der Waals surface area contributed by atoms with E-state index < -0.39 is 0 Å². The number of aromatic nitrogens is 1. The van der Waals surface area contributed by atoms with Crippen molar-refractivity contribution in [2.75, 3.05) is 13.7 Å². The van der Waals surface area contributed by atoms with Crippen LogP contribution in [0.25, 0.3) is 0 Å². The number of nitrogens with zero attached hydrogens (tertiary/aromatic N) is 1. The van der Waals surface area contributed by atoms with Crippen molar-refractivity contribution >= 4 is 30.0 Å². The second-order valence-corrected chi connectivity index (χ2v) is 4.27. The Bertz CT molecular complexity index is 437. The van der Waals surface area contributed by atoms with Crippen molar-refractivity contribution < 1.29 is 9.53 Å². The fourth-order valence-electron chi connectivity index (χ4n) is 1.82. The quantitative estimate of drug-likeness (QED) is 0.667. The molecular weight excluding hydrogens is 275 g/mol. The maximum Gasteiger partial charge on any atom is 0.334 e. The van der Waals surface area contributed by atoms with Gasteiger partial charge in [-0.1, -0.05) is 6.08 Å². The minimum Gasteiger partial charge on any atom is -0.466 e. The van der Waals surface area contributed by atoms with Gasteiger partial charge in [-0.05, 0) is 17.7 Å². The predicted octanol–water partition coefficient (Wildman–Crippen LogP) is 1.85. The van der Waals surface area contributed by atoms with E-state index in [1.165, 1.54) is 7.11 Å². The van der Waals surface area contributed by atoms with Gasteiger partial charge >= 0.3 is 5.97 Å². The number of ether oxygens (including phenoxy) is 1. The lowest BCUT2D eigenvalue weighted by atomic mass is 9.99. The van der Waals surface area contributed by atoms with Crippen LogP contribution in [0, 0.1) is 0 Å². The van der Waals surface area contributed by atoms with E-state index in [4.69, 9.17) is 11.6 Å². The van der Waals surface area contributed by atoms with E-state index in [9.17, 15) is 4.79 Å². The molecule has 2 heterocycles. The molecule has 6 heteroatoms. The molecular formula is C12H14Cl2N2O2. The molecule has 0 saturated heterocycles. The molecule has 0 amide bonds. The molecule has 98 valence electrons. The summed E-state index contributed by atoms with van der Waals surface area (Å²) in [5, 5.41) is 2.94. The van der Waals surface area contributed by atoms with E-state index in [0.717, 1.165) is 5.56 Å². The Morgan fingerprint density at radius 3 is 2.72 bits per heavy atom. The standard InChI is InChI=1S/C12H13ClN2O2.ClH/c1-17-12(16)9-6-10(13)11(15-7-9)8-2-4-14-5-3-8;/h2-6,10-11,15H,7H2,1H3;1H. The molecule has 0 radical (unpaired) electrons. The fraction of sp³-hybridized carbons (Fsp3) is 0.333. The first-order chi connectivity index (χ1) is 8.22. The zero-order valence-corrected chi connectivity index (χ0v) is 11.4. The predicted molar refractivity (Wildman–Crippen MR) is 72.0 cm³/mol. The molecule has 0 aromatic carbocycles. The zero-order chi connectivity index (χ0) is 12.3. The molecule has 0 bridgehead atoms. The van der Waals surface area contributed by atoms with Gasteiger partial charge in [-0.3, -0.25) is 4.98 Å². The molecule has 1 aromatic heterocycles. The monoisotopic (exact) mass is 288 g/mol. The maximum absolute atomic E-state index is 11.4. The van der Waals surface area contributed by atoms with Crippen molar-refractivity contribution in [1.82, 2.24) is 10.3 Å². The Kier molecular flexibility index (Phi) is 5.59. The van der Waals surface area contributed by atoms with Gasteiger partial charge in [0.25, 0.3) is 0 Å². The van der Waals surface area contributed by atoms with Crippen LogP contribution in [0.1, 0.15) is 11.6 Å². The summed E-state index contributed by atoms with van der Waals surface area (Å²) in [4.78, 5) is 15.3. The Hall–Kier alpha value is -1.10. The number of halogens is 2. The number of carbonyl (C=O) groups is 1. The van der Waals surface area contributed by atoms with Crippen molar-refractivity contribution in [1.29, 1.82) is 0 Å². The summed E-state index contributed by atoms with van der Waals surface area (Å²) in [6.07, 6.45) is 5.19. The fourth-order valence-corrected chi connectivity index (χ4v) is 2.21. The highest BCUT2D eigenvalue weighted by molar-refractivity contribution is 6.22. The van der Waals surface area contributed by atoms with E-state index in [1.54, 1.807) is 18.5 Å². The number of methoxy groups -OCH3 is 1. The molecule has 1 aromatic rings. The lowest BCUT2D eigenvalue weighted by Crippen LogP contribution is -2.36. The number of alkyl halides is 1. The second kappa shape index (κ2) is 6.73. The van der Waals surface area contributed by atoms with Crippen LogP contribution >= 0.6 is 24.0 Å². The number of rotatable bonds is 2. The lowest BCUT2D eigenvalue weighted by molar-refractivity contribution is -0.136. The second-order valence-electron chi connectivity index (χ2n) is 3.77. The van der Waals surface area contributed by atoms with Gasteiger partial charge in [0, 0.05) is 24.5 Å². The molecule has 18 heavy (non-hydrogen) atoms. The van der Waals surface area contributed by atoms with Gasteiger partial charge in [0.1, 0.15) is 0 Å². The van der Waals surface area contributed by atoms with Crippen LogP contribution in [0.3, 0.4) is 0 Å². The molecule has 1 aliphatic heterocycles. The highest BCUT2D eigenvalue weighted by atomic mass is 35.5. The Morgan fingerprint density at radius 1 is 1.50 bits per heavy atom. The minimum atomic E-state index is -0.337. The summed E-state index contributed by atoms with van der Waals surface area (Å²) in [6, 6.07) is 3.81. The van der Waals surface area contributed by atoms with Crippen molar-refractivity contribution in [3.05, 3.63) is 41.7 Å². The normalized spacial score (nSPS) is 22.7. The summed E-state index contributed by atoms with van der Waals surface area (Å²) in [7, 11) is 1.36.